The second-order valence-corrected chi connectivity index (χ2v) is 5.32. The van der Waals surface area contributed by atoms with E-state index in [2.05, 4.69) is 4.18 Å². The molecule has 1 aromatic rings. The first-order chi connectivity index (χ1) is 9.27. The summed E-state index contributed by atoms with van der Waals surface area (Å²) in [5, 5.41) is 26.2. The van der Waals surface area contributed by atoms with Crippen LogP contribution in [0.3, 0.4) is 0 Å². The summed E-state index contributed by atoms with van der Waals surface area (Å²) in [4.78, 5) is 21.1. The summed E-state index contributed by atoms with van der Waals surface area (Å²) in [6.07, 6.45) is 0.0731. The summed E-state index contributed by atoms with van der Waals surface area (Å²) in [7, 11) is -4.28. The van der Waals surface area contributed by atoms with Gasteiger partial charge in [0.1, 0.15) is 0 Å². The number of hydrogen-bond donors (Lipinski definition) is 3. The number of carboxylic acid groups (broad SMARTS) is 2. The second-order valence-electron chi connectivity index (χ2n) is 3.71. The van der Waals surface area contributed by atoms with Crippen molar-refractivity contribution >= 4 is 22.1 Å². The van der Waals surface area contributed by atoms with Crippen LogP contribution in [0.25, 0.3) is 0 Å². The predicted octanol–water partition coefficient (Wildman–Crippen LogP) is -2.71. The van der Waals surface area contributed by atoms with Crippen molar-refractivity contribution in [3.05, 3.63) is 29.3 Å². The first-order valence-electron chi connectivity index (χ1n) is 5.40. The van der Waals surface area contributed by atoms with Crippen molar-refractivity contribution in [3.8, 4) is 0 Å². The van der Waals surface area contributed by atoms with Crippen LogP contribution >= 0.6 is 0 Å². The van der Waals surface area contributed by atoms with E-state index >= 15 is 0 Å². The maximum atomic E-state index is 11.8. The van der Waals surface area contributed by atoms with E-state index in [0.29, 0.717) is 0 Å². The molecular formula is C11H13NaO8S. The Morgan fingerprint density at radius 3 is 1.95 bits per heavy atom. The predicted molar refractivity (Wildman–Crippen MR) is 66.3 cm³/mol. The summed E-state index contributed by atoms with van der Waals surface area (Å²) in [5.74, 6) is -2.92. The minimum absolute atomic E-state index is 0. The van der Waals surface area contributed by atoms with E-state index in [1.54, 1.807) is 0 Å². The molecule has 0 aliphatic rings. The molecule has 0 fully saturated rings. The smallest absolute Gasteiger partial charge is 1.00 e. The van der Waals surface area contributed by atoms with Crippen LogP contribution in [0.2, 0.25) is 0 Å². The normalized spacial score (nSPS) is 10.7. The quantitative estimate of drug-likeness (QED) is 0.279. The van der Waals surface area contributed by atoms with E-state index in [-0.39, 0.29) is 50.6 Å². The Morgan fingerprint density at radius 1 is 1.10 bits per heavy atom. The molecule has 8 nitrogen and oxygen atoms in total. The van der Waals surface area contributed by atoms with E-state index in [9.17, 15) is 18.0 Å². The number of aliphatic hydroxyl groups excluding tert-OH is 1. The first-order valence-corrected chi connectivity index (χ1v) is 6.80. The number of aromatic carboxylic acids is 2. The van der Waals surface area contributed by atoms with E-state index in [1.807, 2.05) is 0 Å². The molecule has 1 rings (SSSR count). The maximum absolute atomic E-state index is 11.8. The van der Waals surface area contributed by atoms with Gasteiger partial charge in [-0.3, -0.25) is 4.18 Å². The zero-order valence-electron chi connectivity index (χ0n) is 12.1. The average molecular weight is 328 g/mol. The summed E-state index contributed by atoms with van der Waals surface area (Å²) >= 11 is 0. The molecule has 0 bridgehead atoms. The Bertz CT molecular complexity index is 599. The Morgan fingerprint density at radius 2 is 1.57 bits per heavy atom. The van der Waals surface area contributed by atoms with Crippen LogP contribution in [-0.2, 0) is 14.3 Å². The fraction of sp³-hybridized carbons (Fsp3) is 0.273. The van der Waals surface area contributed by atoms with Crippen molar-refractivity contribution in [2.24, 2.45) is 0 Å². The van der Waals surface area contributed by atoms with Gasteiger partial charge in [0.25, 0.3) is 10.1 Å². The molecule has 0 aliphatic heterocycles. The molecule has 0 spiro atoms. The molecule has 112 valence electrons. The van der Waals surface area contributed by atoms with Gasteiger partial charge in [0.15, 0.2) is 0 Å². The number of carboxylic acids is 2. The molecule has 0 radical (unpaired) electrons. The number of rotatable bonds is 7. The van der Waals surface area contributed by atoms with Crippen LogP contribution in [0, 0.1) is 0 Å². The molecule has 0 amide bonds. The van der Waals surface area contributed by atoms with Crippen LogP contribution in [0.1, 0.15) is 28.6 Å². The molecule has 0 atom stereocenters. The standard InChI is InChI=1S/C11H12O8S.Na.H/c12-2-1-3-19-20(17,18)9-5-7(10(13)14)4-8(6-9)11(15)16;;/h4-6,12H,1-3H2,(H,13,14)(H,15,16);;/q;+1;-1. The van der Waals surface area contributed by atoms with Gasteiger partial charge in [0.2, 0.25) is 0 Å². The van der Waals surface area contributed by atoms with Gasteiger partial charge >= 0.3 is 41.5 Å². The SMILES string of the molecule is O=C(O)c1cc(C(=O)O)cc(S(=O)(=O)OCCCO)c1.[H-].[Na+]. The third-order valence-corrected chi connectivity index (χ3v) is 3.52. The summed E-state index contributed by atoms with van der Waals surface area (Å²) in [6, 6.07) is 2.46. The Hall–Kier alpha value is -0.970. The number of benzene rings is 1. The van der Waals surface area contributed by atoms with Crippen LogP contribution in [0.5, 0.6) is 0 Å². The van der Waals surface area contributed by atoms with Crippen LogP contribution in [-0.4, -0.2) is 48.9 Å². The van der Waals surface area contributed by atoms with E-state index in [0.717, 1.165) is 18.2 Å². The Labute approximate surface area is 144 Å². The molecular weight excluding hydrogens is 315 g/mol. The van der Waals surface area contributed by atoms with Crippen molar-refractivity contribution in [1.29, 1.82) is 0 Å². The monoisotopic (exact) mass is 328 g/mol. The third kappa shape index (κ3) is 5.73. The molecule has 0 heterocycles. The van der Waals surface area contributed by atoms with Gasteiger partial charge in [-0.2, -0.15) is 8.42 Å². The molecule has 10 heteroatoms. The minimum Gasteiger partial charge on any atom is -1.00 e. The maximum Gasteiger partial charge on any atom is 1.00 e. The largest absolute Gasteiger partial charge is 1.00 e. The zero-order valence-corrected chi connectivity index (χ0v) is 14.0. The number of carbonyl (C=O) groups is 2. The van der Waals surface area contributed by atoms with Gasteiger partial charge in [-0.15, -0.1) is 0 Å². The number of aliphatic hydroxyl groups is 1. The van der Waals surface area contributed by atoms with Gasteiger partial charge in [0.05, 0.1) is 22.6 Å². The topological polar surface area (TPSA) is 138 Å². The van der Waals surface area contributed by atoms with Crippen molar-refractivity contribution in [2.75, 3.05) is 13.2 Å². The van der Waals surface area contributed by atoms with Crippen LogP contribution < -0.4 is 29.6 Å². The van der Waals surface area contributed by atoms with E-state index < -0.39 is 38.1 Å². The van der Waals surface area contributed by atoms with Gasteiger partial charge in [-0.1, -0.05) is 0 Å². The molecule has 0 unspecified atom stereocenters. The molecule has 0 saturated heterocycles. The van der Waals surface area contributed by atoms with E-state index in [1.165, 1.54) is 0 Å². The summed E-state index contributed by atoms with van der Waals surface area (Å²) < 4.78 is 28.1. The summed E-state index contributed by atoms with van der Waals surface area (Å²) in [5.41, 5.74) is -0.955. The van der Waals surface area contributed by atoms with Gasteiger partial charge in [-0.25, -0.2) is 9.59 Å². The van der Waals surface area contributed by atoms with Crippen molar-refractivity contribution in [3.63, 3.8) is 0 Å². The molecule has 21 heavy (non-hydrogen) atoms. The zero-order chi connectivity index (χ0) is 15.3. The fourth-order valence-electron chi connectivity index (χ4n) is 1.29. The first kappa shape index (κ1) is 20.0. The van der Waals surface area contributed by atoms with Gasteiger partial charge in [0, 0.05) is 6.61 Å². The molecule has 0 saturated carbocycles. The van der Waals surface area contributed by atoms with Crippen LogP contribution in [0.15, 0.2) is 23.1 Å². The third-order valence-electron chi connectivity index (χ3n) is 2.23. The van der Waals surface area contributed by atoms with Crippen molar-refractivity contribution < 1.29 is 68.5 Å². The molecule has 0 aliphatic carbocycles. The fourth-order valence-corrected chi connectivity index (χ4v) is 2.31. The average Bonchev–Trinajstić information content (AvgIpc) is 2.38. The Balaban J connectivity index is 0. The Kier molecular flexibility index (Phi) is 8.08. The van der Waals surface area contributed by atoms with Gasteiger partial charge in [-0.05, 0) is 24.6 Å². The summed E-state index contributed by atoms with van der Waals surface area (Å²) in [6.45, 7) is -0.566. The van der Waals surface area contributed by atoms with Crippen molar-refractivity contribution in [2.45, 2.75) is 11.3 Å². The molecule has 1 aromatic carbocycles. The van der Waals surface area contributed by atoms with Crippen molar-refractivity contribution in [1.82, 2.24) is 0 Å². The minimum atomic E-state index is -4.28. The van der Waals surface area contributed by atoms with Gasteiger partial charge < -0.3 is 16.7 Å². The molecule has 3 N–H and O–H groups in total. The second kappa shape index (κ2) is 8.47. The number of hydrogen-bond acceptors (Lipinski definition) is 6. The van der Waals surface area contributed by atoms with Crippen LogP contribution in [0.4, 0.5) is 0 Å². The molecule has 0 aromatic heterocycles. The van der Waals surface area contributed by atoms with E-state index in [4.69, 9.17) is 15.3 Å².